The number of aryl methyl sites for hydroxylation is 2. The van der Waals surface area contributed by atoms with Crippen molar-refractivity contribution in [2.75, 3.05) is 5.32 Å². The number of rotatable bonds is 7. The molecule has 5 rings (SSSR count). The normalized spacial score (nSPS) is 13.7. The molecular formula is C30H23F2N5O4. The van der Waals surface area contributed by atoms with E-state index < -0.39 is 23.1 Å². The van der Waals surface area contributed by atoms with Gasteiger partial charge >= 0.3 is 0 Å². The van der Waals surface area contributed by atoms with Gasteiger partial charge in [0, 0.05) is 47.2 Å². The lowest BCUT2D eigenvalue weighted by atomic mass is 10.0. The molecule has 0 fully saturated rings. The van der Waals surface area contributed by atoms with Gasteiger partial charge in [0.15, 0.2) is 17.3 Å². The Morgan fingerprint density at radius 2 is 1.93 bits per heavy atom. The number of dihydropyridines is 1. The van der Waals surface area contributed by atoms with Crippen molar-refractivity contribution in [1.29, 1.82) is 5.41 Å². The van der Waals surface area contributed by atoms with Crippen LogP contribution in [0.2, 0.25) is 0 Å². The van der Waals surface area contributed by atoms with Gasteiger partial charge in [-0.3, -0.25) is 14.2 Å². The zero-order valence-corrected chi connectivity index (χ0v) is 21.9. The van der Waals surface area contributed by atoms with Crippen LogP contribution in [-0.4, -0.2) is 21.8 Å². The standard InChI is InChI=1S/C30H23F2N5O4/c1-17-28(18(2)41-36-17)19-14-27(25(11-12-33)34-16-19)40-26-10-7-21(15-24(26)32)35-29(38)23-4-3-13-37(30(23)39)22-8-5-20(31)6-9-22/h3-16,33-34H,1-2H3,(H,35,38)/b25-11-,33-12?. The first-order valence-electron chi connectivity index (χ1n) is 12.3. The van der Waals surface area contributed by atoms with Gasteiger partial charge in [0.05, 0.1) is 11.4 Å². The highest BCUT2D eigenvalue weighted by Crippen LogP contribution is 2.31. The van der Waals surface area contributed by atoms with Gasteiger partial charge < -0.3 is 25.3 Å². The minimum atomic E-state index is -0.775. The molecule has 0 spiro atoms. The average molecular weight is 556 g/mol. The molecule has 0 saturated heterocycles. The van der Waals surface area contributed by atoms with Gasteiger partial charge in [-0.15, -0.1) is 0 Å². The smallest absolute Gasteiger partial charge is 0.267 e. The highest BCUT2D eigenvalue weighted by molar-refractivity contribution is 6.04. The Morgan fingerprint density at radius 3 is 2.61 bits per heavy atom. The molecule has 0 bridgehead atoms. The maximum atomic E-state index is 15.1. The maximum absolute atomic E-state index is 15.1. The third-order valence-corrected chi connectivity index (χ3v) is 6.21. The van der Waals surface area contributed by atoms with Gasteiger partial charge in [-0.25, -0.2) is 8.78 Å². The molecular weight excluding hydrogens is 532 g/mol. The summed E-state index contributed by atoms with van der Waals surface area (Å²) in [4.78, 5) is 25.8. The number of carbonyl (C=O) groups excluding carboxylic acids is 1. The van der Waals surface area contributed by atoms with Gasteiger partial charge in [-0.05, 0) is 74.5 Å². The summed E-state index contributed by atoms with van der Waals surface area (Å²) >= 11 is 0. The predicted molar refractivity (Wildman–Crippen MR) is 149 cm³/mol. The quantitative estimate of drug-likeness (QED) is 0.262. The van der Waals surface area contributed by atoms with Crippen molar-refractivity contribution in [3.05, 3.63) is 135 Å². The summed E-state index contributed by atoms with van der Waals surface area (Å²) < 4.78 is 40.7. The van der Waals surface area contributed by atoms with Crippen LogP contribution in [0.1, 0.15) is 27.4 Å². The second-order valence-corrected chi connectivity index (χ2v) is 8.97. The number of halogens is 2. The molecule has 0 atom stereocenters. The van der Waals surface area contributed by atoms with Crippen LogP contribution in [0.25, 0.3) is 11.3 Å². The first kappa shape index (κ1) is 27.0. The van der Waals surface area contributed by atoms with Crippen molar-refractivity contribution in [3.8, 4) is 11.4 Å². The van der Waals surface area contributed by atoms with Crippen molar-refractivity contribution in [3.63, 3.8) is 0 Å². The molecule has 0 saturated carbocycles. The maximum Gasteiger partial charge on any atom is 0.267 e. The molecule has 2 aromatic heterocycles. The van der Waals surface area contributed by atoms with E-state index in [4.69, 9.17) is 14.7 Å². The number of benzene rings is 2. The third-order valence-electron chi connectivity index (χ3n) is 6.21. The van der Waals surface area contributed by atoms with Crippen LogP contribution in [-0.2, 0) is 0 Å². The molecule has 4 aromatic rings. The van der Waals surface area contributed by atoms with Crippen molar-refractivity contribution >= 4 is 23.4 Å². The molecule has 0 radical (unpaired) electrons. The summed E-state index contributed by atoms with van der Waals surface area (Å²) in [5.74, 6) is -1.27. The summed E-state index contributed by atoms with van der Waals surface area (Å²) in [6, 6.07) is 11.9. The Morgan fingerprint density at radius 1 is 1.15 bits per heavy atom. The van der Waals surface area contributed by atoms with Gasteiger partial charge in [0.2, 0.25) is 0 Å². The predicted octanol–water partition coefficient (Wildman–Crippen LogP) is 5.41. The third kappa shape index (κ3) is 5.59. The topological polar surface area (TPSA) is 122 Å². The van der Waals surface area contributed by atoms with Gasteiger partial charge in [0.1, 0.15) is 17.1 Å². The van der Waals surface area contributed by atoms with Crippen LogP contribution in [0.15, 0.2) is 99.9 Å². The molecule has 1 aliphatic rings. The van der Waals surface area contributed by atoms with Crippen LogP contribution in [0.3, 0.4) is 0 Å². The second-order valence-electron chi connectivity index (χ2n) is 8.97. The van der Waals surface area contributed by atoms with E-state index >= 15 is 4.39 Å². The van der Waals surface area contributed by atoms with E-state index in [1.165, 1.54) is 65.4 Å². The lowest BCUT2D eigenvalue weighted by molar-refractivity contribution is 0.102. The number of pyridine rings is 1. The molecule has 1 amide bonds. The van der Waals surface area contributed by atoms with Gasteiger partial charge in [-0.1, -0.05) is 5.16 Å². The molecule has 11 heteroatoms. The zero-order chi connectivity index (χ0) is 29.1. The lowest BCUT2D eigenvalue weighted by Crippen LogP contribution is -2.27. The molecule has 3 heterocycles. The minimum Gasteiger partial charge on any atom is -0.452 e. The van der Waals surface area contributed by atoms with Crippen LogP contribution in [0.5, 0.6) is 5.75 Å². The number of hydrogen-bond donors (Lipinski definition) is 3. The number of carbonyl (C=O) groups is 1. The Labute approximate surface area is 232 Å². The Hall–Kier alpha value is -5.58. The van der Waals surface area contributed by atoms with E-state index in [2.05, 4.69) is 15.8 Å². The minimum absolute atomic E-state index is 0.0961. The summed E-state index contributed by atoms with van der Waals surface area (Å²) in [5, 5.41) is 17.0. The number of nitrogens with zero attached hydrogens (tertiary/aromatic N) is 2. The molecule has 41 heavy (non-hydrogen) atoms. The van der Waals surface area contributed by atoms with E-state index in [1.807, 2.05) is 0 Å². The van der Waals surface area contributed by atoms with Crippen LogP contribution in [0.4, 0.5) is 14.5 Å². The monoisotopic (exact) mass is 555 g/mol. The number of nitrogens with one attached hydrogen (secondary N) is 3. The molecule has 206 valence electrons. The molecule has 0 unspecified atom stereocenters. The first-order chi connectivity index (χ1) is 19.7. The van der Waals surface area contributed by atoms with E-state index in [0.717, 1.165) is 17.8 Å². The van der Waals surface area contributed by atoms with Crippen LogP contribution < -0.4 is 20.9 Å². The lowest BCUT2D eigenvalue weighted by Gasteiger charge is -2.19. The number of aromatic nitrogens is 2. The summed E-state index contributed by atoms with van der Waals surface area (Å²) in [6.07, 6.45) is 7.36. The number of ether oxygens (including phenoxy) is 1. The van der Waals surface area contributed by atoms with Crippen LogP contribution in [0, 0.1) is 30.9 Å². The fourth-order valence-electron chi connectivity index (χ4n) is 4.27. The Bertz CT molecular complexity index is 1800. The van der Waals surface area contributed by atoms with Crippen LogP contribution >= 0.6 is 0 Å². The molecule has 0 aliphatic carbocycles. The summed E-state index contributed by atoms with van der Waals surface area (Å²) in [7, 11) is 0. The summed E-state index contributed by atoms with van der Waals surface area (Å²) in [6.45, 7) is 3.57. The van der Waals surface area contributed by atoms with Gasteiger partial charge in [0.25, 0.3) is 11.5 Å². The van der Waals surface area contributed by atoms with E-state index in [-0.39, 0.29) is 22.8 Å². The SMILES string of the molecule is Cc1noc(C)c1C1=CN/C(=C\C=N)C(Oc2ccc(NC(=O)c3cccn(-c4ccc(F)cc4)c3=O)cc2F)=C1. The Balaban J connectivity index is 1.37. The van der Waals surface area contributed by atoms with Crippen molar-refractivity contribution in [1.82, 2.24) is 15.0 Å². The van der Waals surface area contributed by atoms with Gasteiger partial charge in [-0.2, -0.15) is 0 Å². The number of anilines is 1. The van der Waals surface area contributed by atoms with Crippen molar-refractivity contribution in [2.45, 2.75) is 13.8 Å². The molecule has 9 nitrogen and oxygen atoms in total. The molecule has 1 aliphatic heterocycles. The average Bonchev–Trinajstić information content (AvgIpc) is 3.29. The van der Waals surface area contributed by atoms with E-state index in [9.17, 15) is 14.0 Å². The van der Waals surface area contributed by atoms with Crippen molar-refractivity contribution < 1.29 is 22.8 Å². The Kier molecular flexibility index (Phi) is 7.42. The second kappa shape index (κ2) is 11.3. The number of allylic oxidation sites excluding steroid dienone is 3. The highest BCUT2D eigenvalue weighted by Gasteiger charge is 2.21. The molecule has 2 aromatic carbocycles. The van der Waals surface area contributed by atoms with E-state index in [1.54, 1.807) is 26.1 Å². The number of hydrogen-bond acceptors (Lipinski definition) is 7. The number of amides is 1. The first-order valence-corrected chi connectivity index (χ1v) is 12.3. The highest BCUT2D eigenvalue weighted by atomic mass is 19.1. The molecule has 3 N–H and O–H groups in total. The fourth-order valence-corrected chi connectivity index (χ4v) is 4.27. The fraction of sp³-hybridized carbons (Fsp3) is 0.0667. The zero-order valence-electron chi connectivity index (χ0n) is 21.9. The summed E-state index contributed by atoms with van der Waals surface area (Å²) in [5.41, 5.74) is 2.21. The van der Waals surface area contributed by atoms with E-state index in [0.29, 0.717) is 28.4 Å². The largest absolute Gasteiger partial charge is 0.452 e. The van der Waals surface area contributed by atoms with Crippen molar-refractivity contribution in [2.24, 2.45) is 0 Å².